The summed E-state index contributed by atoms with van der Waals surface area (Å²) < 4.78 is 21.8. The number of carboxylic acids is 1. The van der Waals surface area contributed by atoms with E-state index < -0.39 is 54.7 Å². The largest absolute Gasteiger partial charge is 0.479 e. The number of esters is 2. The lowest BCUT2D eigenvalue weighted by Crippen LogP contribution is -2.60. The van der Waals surface area contributed by atoms with Crippen LogP contribution in [0, 0.1) is 0 Å². The highest BCUT2D eigenvalue weighted by atomic mass is 16.7. The van der Waals surface area contributed by atoms with Gasteiger partial charge in [-0.25, -0.2) is 4.79 Å². The van der Waals surface area contributed by atoms with Crippen LogP contribution in [-0.2, 0) is 33.3 Å². The molecule has 1 fully saturated rings. The van der Waals surface area contributed by atoms with Gasteiger partial charge in [0.15, 0.2) is 18.5 Å². The molecule has 1 aliphatic heterocycles. The second-order valence-electron chi connectivity index (χ2n) is 16.6. The van der Waals surface area contributed by atoms with Gasteiger partial charge in [-0.15, -0.1) is 0 Å². The van der Waals surface area contributed by atoms with E-state index in [1.807, 2.05) is 0 Å². The van der Waals surface area contributed by atoms with Crippen molar-refractivity contribution in [3.8, 4) is 0 Å². The van der Waals surface area contributed by atoms with Crippen LogP contribution in [0.25, 0.3) is 0 Å². The molecule has 11 heteroatoms. The average molecular weight is 827 g/mol. The van der Waals surface area contributed by atoms with Crippen molar-refractivity contribution >= 4 is 17.9 Å². The molecule has 0 bridgehead atoms. The fourth-order valence-corrected chi connectivity index (χ4v) is 7.35. The molecule has 11 nitrogen and oxygen atoms in total. The summed E-state index contributed by atoms with van der Waals surface area (Å²) >= 11 is 0. The topological polar surface area (TPSA) is 169 Å². The average Bonchev–Trinajstić information content (AvgIpc) is 3.21. The number of carbonyl (C=O) groups excluding carboxylic acids is 2. The van der Waals surface area contributed by atoms with Crippen LogP contribution in [0.2, 0.25) is 0 Å². The van der Waals surface area contributed by atoms with Crippen LogP contribution in [0.5, 0.6) is 0 Å². The number of allylic oxidation sites excluding steroid dienone is 2. The minimum absolute atomic E-state index is 0.187. The molecule has 0 aromatic rings. The van der Waals surface area contributed by atoms with Gasteiger partial charge in [0, 0.05) is 12.8 Å². The molecule has 0 spiro atoms. The molecule has 4 N–H and O–H groups in total. The van der Waals surface area contributed by atoms with E-state index in [0.29, 0.717) is 12.8 Å². The molecule has 1 rings (SSSR count). The van der Waals surface area contributed by atoms with E-state index in [0.717, 1.165) is 57.8 Å². The minimum atomic E-state index is -1.86. The van der Waals surface area contributed by atoms with Crippen LogP contribution in [0.1, 0.15) is 219 Å². The molecule has 0 saturated carbocycles. The maximum atomic E-state index is 12.8. The van der Waals surface area contributed by atoms with Gasteiger partial charge >= 0.3 is 17.9 Å². The fourth-order valence-electron chi connectivity index (χ4n) is 7.35. The highest BCUT2D eigenvalue weighted by molar-refractivity contribution is 5.73. The molecule has 1 aliphatic rings. The zero-order chi connectivity index (χ0) is 42.5. The monoisotopic (exact) mass is 827 g/mol. The molecule has 0 radical (unpaired) electrons. The third-order valence-electron chi connectivity index (χ3n) is 11.1. The first-order valence-corrected chi connectivity index (χ1v) is 23.7. The Labute approximate surface area is 352 Å². The lowest BCUT2D eigenvalue weighted by atomic mass is 9.99. The number of hydrogen-bond acceptors (Lipinski definition) is 10. The van der Waals surface area contributed by atoms with Crippen LogP contribution in [0.4, 0.5) is 0 Å². The maximum absolute atomic E-state index is 12.8. The van der Waals surface area contributed by atoms with Gasteiger partial charge in [-0.2, -0.15) is 0 Å². The molecule has 58 heavy (non-hydrogen) atoms. The number of carbonyl (C=O) groups is 3. The van der Waals surface area contributed by atoms with Crippen LogP contribution in [0.15, 0.2) is 12.2 Å². The standard InChI is InChI=1S/C47H86O11/c1-3-5-7-9-11-13-15-17-18-19-20-21-22-24-26-28-30-32-34-36-41(49)57-39(38-56-47-44(52)42(50)43(51)45(58-47)46(53)54)37-55-40(48)35-33-31-29-27-25-23-16-14-12-10-8-6-4-2/h14,16,39,42-45,47,50-52H,3-13,15,17-38H2,1-2H3,(H,53,54)/b16-14-. The first kappa shape index (κ1) is 54.0. The molecule has 0 amide bonds. The number of unbranched alkanes of at least 4 members (excludes halogenated alkanes) is 27. The van der Waals surface area contributed by atoms with Crippen molar-refractivity contribution in [2.24, 2.45) is 0 Å². The number of ether oxygens (including phenoxy) is 4. The van der Waals surface area contributed by atoms with E-state index in [1.165, 1.54) is 122 Å². The van der Waals surface area contributed by atoms with Gasteiger partial charge in [-0.3, -0.25) is 9.59 Å². The number of carboxylic acid groups (broad SMARTS) is 1. The van der Waals surface area contributed by atoms with Crippen molar-refractivity contribution in [2.75, 3.05) is 13.2 Å². The van der Waals surface area contributed by atoms with E-state index >= 15 is 0 Å². The Morgan fingerprint density at radius 2 is 0.914 bits per heavy atom. The molecular formula is C47H86O11. The van der Waals surface area contributed by atoms with Crippen LogP contribution in [-0.4, -0.2) is 88.4 Å². The molecule has 1 saturated heterocycles. The quantitative estimate of drug-likeness (QED) is 0.0263. The Morgan fingerprint density at radius 1 is 0.517 bits per heavy atom. The van der Waals surface area contributed by atoms with Crippen molar-refractivity contribution < 1.29 is 53.8 Å². The zero-order valence-electron chi connectivity index (χ0n) is 36.8. The van der Waals surface area contributed by atoms with E-state index in [1.54, 1.807) is 0 Å². The van der Waals surface area contributed by atoms with Crippen LogP contribution >= 0.6 is 0 Å². The van der Waals surface area contributed by atoms with Crippen molar-refractivity contribution in [2.45, 2.75) is 256 Å². The van der Waals surface area contributed by atoms with Crippen molar-refractivity contribution in [3.05, 3.63) is 12.2 Å². The van der Waals surface area contributed by atoms with E-state index in [9.17, 15) is 34.8 Å². The van der Waals surface area contributed by atoms with Crippen LogP contribution in [0.3, 0.4) is 0 Å². The summed E-state index contributed by atoms with van der Waals surface area (Å²) in [5.74, 6) is -2.44. The predicted octanol–water partition coefficient (Wildman–Crippen LogP) is 10.4. The number of aliphatic hydroxyl groups is 3. The lowest BCUT2D eigenvalue weighted by Gasteiger charge is -2.38. The minimum Gasteiger partial charge on any atom is -0.479 e. The highest BCUT2D eigenvalue weighted by Gasteiger charge is 2.47. The van der Waals surface area contributed by atoms with E-state index in [-0.39, 0.29) is 26.1 Å². The second-order valence-corrected chi connectivity index (χ2v) is 16.6. The summed E-state index contributed by atoms with van der Waals surface area (Å²) in [6.07, 6.45) is 31.2. The van der Waals surface area contributed by atoms with Gasteiger partial charge in [0.2, 0.25) is 0 Å². The van der Waals surface area contributed by atoms with Gasteiger partial charge in [0.05, 0.1) is 6.61 Å². The van der Waals surface area contributed by atoms with Gasteiger partial charge in [0.25, 0.3) is 0 Å². The summed E-state index contributed by atoms with van der Waals surface area (Å²) in [4.78, 5) is 36.8. The van der Waals surface area contributed by atoms with Crippen molar-refractivity contribution in [1.29, 1.82) is 0 Å². The molecule has 1 heterocycles. The summed E-state index contributed by atoms with van der Waals surface area (Å²) in [6.45, 7) is 3.81. The van der Waals surface area contributed by atoms with Crippen molar-refractivity contribution in [3.63, 3.8) is 0 Å². The maximum Gasteiger partial charge on any atom is 0.335 e. The van der Waals surface area contributed by atoms with Gasteiger partial charge in [0.1, 0.15) is 24.9 Å². The first-order valence-electron chi connectivity index (χ1n) is 23.7. The normalized spacial score (nSPS) is 20.1. The van der Waals surface area contributed by atoms with E-state index in [2.05, 4.69) is 26.0 Å². The van der Waals surface area contributed by atoms with E-state index in [4.69, 9.17) is 18.9 Å². The molecule has 6 unspecified atom stereocenters. The SMILES string of the molecule is CCCCCC/C=C\CCCCCCCC(=O)OCC(COC1OC(C(=O)O)C(O)C(O)C1O)OC(=O)CCCCCCCCCCCCCCCCCCCCC. The summed E-state index contributed by atoms with van der Waals surface area (Å²) in [5.41, 5.74) is 0. The second kappa shape index (κ2) is 37.9. The summed E-state index contributed by atoms with van der Waals surface area (Å²) in [7, 11) is 0. The summed E-state index contributed by atoms with van der Waals surface area (Å²) in [5, 5.41) is 39.8. The first-order chi connectivity index (χ1) is 28.2. The summed E-state index contributed by atoms with van der Waals surface area (Å²) in [6, 6.07) is 0. The van der Waals surface area contributed by atoms with Gasteiger partial charge in [-0.1, -0.05) is 180 Å². The number of hydrogen-bond donors (Lipinski definition) is 4. The Balaban J connectivity index is 2.32. The molecule has 6 atom stereocenters. The third-order valence-corrected chi connectivity index (χ3v) is 11.1. The van der Waals surface area contributed by atoms with Crippen LogP contribution < -0.4 is 0 Å². The molecule has 0 aliphatic carbocycles. The Morgan fingerprint density at radius 3 is 1.36 bits per heavy atom. The third kappa shape index (κ3) is 29.2. The lowest BCUT2D eigenvalue weighted by molar-refractivity contribution is -0.298. The highest BCUT2D eigenvalue weighted by Crippen LogP contribution is 2.23. The molecule has 340 valence electrons. The predicted molar refractivity (Wildman–Crippen MR) is 229 cm³/mol. The Bertz CT molecular complexity index is 1020. The Hall–Kier alpha value is -2.05. The van der Waals surface area contributed by atoms with Gasteiger partial charge < -0.3 is 39.4 Å². The number of aliphatic carboxylic acids is 1. The molecular weight excluding hydrogens is 741 g/mol. The smallest absolute Gasteiger partial charge is 0.335 e. The number of aliphatic hydroxyl groups excluding tert-OH is 3. The van der Waals surface area contributed by atoms with Gasteiger partial charge in [-0.05, 0) is 38.5 Å². The Kier molecular flexibility index (Phi) is 35.3. The number of rotatable bonds is 40. The van der Waals surface area contributed by atoms with Crippen molar-refractivity contribution in [1.82, 2.24) is 0 Å². The fraction of sp³-hybridized carbons (Fsp3) is 0.894. The zero-order valence-corrected chi connectivity index (χ0v) is 36.8. The molecule has 0 aromatic carbocycles. The molecule has 0 aromatic heterocycles.